The largest absolute Gasteiger partial charge is 0.304 e. The molecule has 0 aliphatic carbocycles. The maximum Gasteiger partial charge on any atom is -0.00190 e. The summed E-state index contributed by atoms with van der Waals surface area (Å²) in [6.45, 7) is 8.21. The zero-order valence-electron chi connectivity index (χ0n) is 12.9. The van der Waals surface area contributed by atoms with Crippen LogP contribution in [-0.4, -0.2) is 24.5 Å². The van der Waals surface area contributed by atoms with Gasteiger partial charge in [0.1, 0.15) is 0 Å². The van der Waals surface area contributed by atoms with Gasteiger partial charge in [-0.15, -0.1) is 0 Å². The number of benzene rings is 1. The van der Waals surface area contributed by atoms with Crippen molar-refractivity contribution in [3.8, 4) is 0 Å². The van der Waals surface area contributed by atoms with Crippen molar-refractivity contribution in [2.24, 2.45) is 0 Å². The van der Waals surface area contributed by atoms with E-state index in [4.69, 9.17) is 0 Å². The zero-order chi connectivity index (χ0) is 13.8. The second-order valence-electron chi connectivity index (χ2n) is 5.38. The van der Waals surface area contributed by atoms with Crippen LogP contribution in [0.3, 0.4) is 0 Å². The molecule has 19 heavy (non-hydrogen) atoms. The summed E-state index contributed by atoms with van der Waals surface area (Å²) in [5, 5.41) is 0. The first-order valence-electron chi connectivity index (χ1n) is 8.13. The first-order valence-corrected chi connectivity index (χ1v) is 8.13. The van der Waals surface area contributed by atoms with Crippen LogP contribution in [0, 0.1) is 0 Å². The third-order valence-corrected chi connectivity index (χ3v) is 3.93. The van der Waals surface area contributed by atoms with E-state index in [1.165, 1.54) is 70.1 Å². The SMILES string of the molecule is CCN(CC)CCCCCCCCc1ccccc1. The van der Waals surface area contributed by atoms with Crippen LogP contribution in [0.2, 0.25) is 0 Å². The lowest BCUT2D eigenvalue weighted by Gasteiger charge is -2.17. The molecule has 1 heteroatoms. The van der Waals surface area contributed by atoms with Gasteiger partial charge in [0.25, 0.3) is 0 Å². The van der Waals surface area contributed by atoms with Crippen LogP contribution >= 0.6 is 0 Å². The normalized spacial score (nSPS) is 11.1. The Balaban J connectivity index is 1.89. The molecule has 1 rings (SSSR count). The maximum atomic E-state index is 2.52. The van der Waals surface area contributed by atoms with Crippen LogP contribution in [0.4, 0.5) is 0 Å². The fourth-order valence-electron chi connectivity index (χ4n) is 2.56. The van der Waals surface area contributed by atoms with E-state index in [9.17, 15) is 0 Å². The van der Waals surface area contributed by atoms with Gasteiger partial charge < -0.3 is 4.90 Å². The Morgan fingerprint density at radius 3 is 1.95 bits per heavy atom. The van der Waals surface area contributed by atoms with E-state index in [0.717, 1.165) is 0 Å². The molecule has 1 nitrogen and oxygen atoms in total. The topological polar surface area (TPSA) is 3.24 Å². The van der Waals surface area contributed by atoms with Gasteiger partial charge in [0, 0.05) is 0 Å². The van der Waals surface area contributed by atoms with E-state index in [2.05, 4.69) is 49.1 Å². The fourth-order valence-corrected chi connectivity index (χ4v) is 2.56. The Hall–Kier alpha value is -0.820. The molecule has 0 unspecified atom stereocenters. The van der Waals surface area contributed by atoms with Crippen molar-refractivity contribution in [1.29, 1.82) is 0 Å². The molecule has 0 saturated carbocycles. The molecule has 0 aliphatic rings. The summed E-state index contributed by atoms with van der Waals surface area (Å²) in [6.07, 6.45) is 9.59. The molecule has 0 N–H and O–H groups in total. The first-order chi connectivity index (χ1) is 9.36. The molecule has 0 bridgehead atoms. The number of hydrogen-bond donors (Lipinski definition) is 0. The zero-order valence-corrected chi connectivity index (χ0v) is 12.9. The van der Waals surface area contributed by atoms with Crippen LogP contribution in [0.1, 0.15) is 57.9 Å². The van der Waals surface area contributed by atoms with Gasteiger partial charge in [-0.05, 0) is 44.5 Å². The van der Waals surface area contributed by atoms with Gasteiger partial charge in [-0.2, -0.15) is 0 Å². The lowest BCUT2D eigenvalue weighted by atomic mass is 10.0. The van der Waals surface area contributed by atoms with E-state index in [1.54, 1.807) is 0 Å². The van der Waals surface area contributed by atoms with E-state index in [0.29, 0.717) is 0 Å². The van der Waals surface area contributed by atoms with Gasteiger partial charge >= 0.3 is 0 Å². The minimum Gasteiger partial charge on any atom is -0.304 e. The van der Waals surface area contributed by atoms with Gasteiger partial charge in [-0.25, -0.2) is 0 Å². The molecule has 0 saturated heterocycles. The van der Waals surface area contributed by atoms with Gasteiger partial charge in [0.2, 0.25) is 0 Å². The predicted molar refractivity (Wildman–Crippen MR) is 85.6 cm³/mol. The van der Waals surface area contributed by atoms with E-state index in [1.807, 2.05) is 0 Å². The predicted octanol–water partition coefficient (Wildman–Crippen LogP) is 4.91. The standard InChI is InChI=1S/C18H31N/c1-3-19(4-2)17-13-8-6-5-7-10-14-18-15-11-9-12-16-18/h9,11-12,15-16H,3-8,10,13-14,17H2,1-2H3. The average molecular weight is 261 g/mol. The van der Waals surface area contributed by atoms with Crippen LogP contribution in [-0.2, 0) is 6.42 Å². The van der Waals surface area contributed by atoms with E-state index in [-0.39, 0.29) is 0 Å². The Bertz CT molecular complexity index is 290. The van der Waals surface area contributed by atoms with E-state index < -0.39 is 0 Å². The Morgan fingerprint density at radius 2 is 1.32 bits per heavy atom. The quantitative estimate of drug-likeness (QED) is 0.511. The van der Waals surface area contributed by atoms with Crippen LogP contribution in [0.25, 0.3) is 0 Å². The number of rotatable bonds is 11. The second kappa shape index (κ2) is 11.0. The van der Waals surface area contributed by atoms with Crippen molar-refractivity contribution in [1.82, 2.24) is 4.90 Å². The highest BCUT2D eigenvalue weighted by molar-refractivity contribution is 5.14. The van der Waals surface area contributed by atoms with Crippen molar-refractivity contribution >= 4 is 0 Å². The molecular weight excluding hydrogens is 230 g/mol. The van der Waals surface area contributed by atoms with Crippen LogP contribution < -0.4 is 0 Å². The molecule has 1 aromatic carbocycles. The lowest BCUT2D eigenvalue weighted by Crippen LogP contribution is -2.23. The Kier molecular flexibility index (Phi) is 9.44. The average Bonchev–Trinajstić information content (AvgIpc) is 2.47. The molecule has 0 atom stereocenters. The summed E-state index contributed by atoms with van der Waals surface area (Å²) in [4.78, 5) is 2.52. The minimum atomic E-state index is 1.20. The van der Waals surface area contributed by atoms with Gasteiger partial charge in [-0.3, -0.25) is 0 Å². The van der Waals surface area contributed by atoms with E-state index >= 15 is 0 Å². The van der Waals surface area contributed by atoms with Crippen molar-refractivity contribution in [2.45, 2.75) is 58.8 Å². The van der Waals surface area contributed by atoms with Gasteiger partial charge in [0.15, 0.2) is 0 Å². The summed E-state index contributed by atoms with van der Waals surface area (Å²) in [5.41, 5.74) is 1.49. The highest BCUT2D eigenvalue weighted by atomic mass is 15.1. The molecule has 0 amide bonds. The van der Waals surface area contributed by atoms with Crippen LogP contribution in [0.15, 0.2) is 30.3 Å². The van der Waals surface area contributed by atoms with Gasteiger partial charge in [0.05, 0.1) is 0 Å². The highest BCUT2D eigenvalue weighted by Crippen LogP contribution is 2.10. The molecule has 0 fully saturated rings. The second-order valence-corrected chi connectivity index (χ2v) is 5.38. The molecular formula is C18H31N. The van der Waals surface area contributed by atoms with Crippen molar-refractivity contribution in [3.05, 3.63) is 35.9 Å². The molecule has 0 aromatic heterocycles. The van der Waals surface area contributed by atoms with Gasteiger partial charge in [-0.1, -0.05) is 69.9 Å². The minimum absolute atomic E-state index is 1.20. The maximum absolute atomic E-state index is 2.52. The Labute approximate surface area is 120 Å². The summed E-state index contributed by atoms with van der Waals surface area (Å²) in [7, 11) is 0. The van der Waals surface area contributed by atoms with Crippen LogP contribution in [0.5, 0.6) is 0 Å². The third kappa shape index (κ3) is 8.05. The van der Waals surface area contributed by atoms with Crippen molar-refractivity contribution < 1.29 is 0 Å². The molecule has 0 spiro atoms. The molecule has 0 radical (unpaired) electrons. The summed E-state index contributed by atoms with van der Waals surface area (Å²) < 4.78 is 0. The first kappa shape index (κ1) is 16.2. The fraction of sp³-hybridized carbons (Fsp3) is 0.667. The third-order valence-electron chi connectivity index (χ3n) is 3.93. The molecule has 1 aromatic rings. The smallest absolute Gasteiger partial charge is 0.00190 e. The summed E-state index contributed by atoms with van der Waals surface area (Å²) in [5.74, 6) is 0. The monoisotopic (exact) mass is 261 g/mol. The Morgan fingerprint density at radius 1 is 0.737 bits per heavy atom. The van der Waals surface area contributed by atoms with Crippen molar-refractivity contribution in [2.75, 3.05) is 19.6 Å². The molecule has 108 valence electrons. The number of unbranched alkanes of at least 4 members (excludes halogenated alkanes) is 5. The van der Waals surface area contributed by atoms with Crippen molar-refractivity contribution in [3.63, 3.8) is 0 Å². The number of aryl methyl sites for hydroxylation is 1. The summed E-state index contributed by atoms with van der Waals surface area (Å²) >= 11 is 0. The number of hydrogen-bond acceptors (Lipinski definition) is 1. The molecule has 0 heterocycles. The molecule has 0 aliphatic heterocycles. The lowest BCUT2D eigenvalue weighted by molar-refractivity contribution is 0.295. The summed E-state index contributed by atoms with van der Waals surface area (Å²) in [6, 6.07) is 10.9. The highest BCUT2D eigenvalue weighted by Gasteiger charge is 1.98. The number of nitrogens with zero attached hydrogens (tertiary/aromatic N) is 1.